The molecule has 0 atom stereocenters. The Kier molecular flexibility index (Phi) is 4.71. The molecular weight excluding hydrogens is 158 g/mol. The Morgan fingerprint density at radius 3 is 2.18 bits per heavy atom. The molecule has 0 spiro atoms. The van der Waals surface area contributed by atoms with Crippen molar-refractivity contribution in [2.75, 3.05) is 5.73 Å². The van der Waals surface area contributed by atoms with E-state index in [0.717, 1.165) is 5.56 Å². The Bertz CT molecular complexity index is 201. The summed E-state index contributed by atoms with van der Waals surface area (Å²) in [6.07, 6.45) is 0. The quantitative estimate of drug-likeness (QED) is 0.596. The molecule has 1 aromatic rings. The normalized spacial score (nSPS) is 8.36. The number of halogens is 1. The maximum absolute atomic E-state index is 5.75. The molecule has 0 saturated carbocycles. The maximum Gasteiger partial charge on any atom is 0.0664 e. The van der Waals surface area contributed by atoms with E-state index in [9.17, 15) is 0 Å². The molecule has 0 fully saturated rings. The van der Waals surface area contributed by atoms with Crippen molar-refractivity contribution in [3.8, 4) is 0 Å². The molecule has 0 saturated heterocycles. The highest BCUT2D eigenvalue weighted by molar-refractivity contribution is 6.33. The molecule has 0 unspecified atom stereocenters. The molecule has 0 radical (unpaired) electrons. The van der Waals surface area contributed by atoms with E-state index in [1.54, 1.807) is 6.07 Å². The molecule has 0 aliphatic rings. The summed E-state index contributed by atoms with van der Waals surface area (Å²) < 4.78 is 0. The van der Waals surface area contributed by atoms with Crippen molar-refractivity contribution < 1.29 is 0 Å². The number of anilines is 1. The van der Waals surface area contributed by atoms with Crippen LogP contribution in [0.1, 0.15) is 19.4 Å². The largest absolute Gasteiger partial charge is 0.398 e. The Labute approximate surface area is 73.2 Å². The highest BCUT2D eigenvalue weighted by Crippen LogP contribution is 2.21. The van der Waals surface area contributed by atoms with E-state index in [1.807, 2.05) is 32.9 Å². The van der Waals surface area contributed by atoms with Crippen molar-refractivity contribution in [2.45, 2.75) is 20.8 Å². The standard InChI is InChI=1S/C7H8ClN.C2H6/c1-5-3-2-4-6(9)7(5)8;1-2/h2-4H,9H2,1H3;1-2H3. The molecule has 2 N–H and O–H groups in total. The van der Waals surface area contributed by atoms with E-state index in [-0.39, 0.29) is 0 Å². The lowest BCUT2D eigenvalue weighted by Gasteiger charge is -1.98. The van der Waals surface area contributed by atoms with Gasteiger partial charge in [-0.1, -0.05) is 37.6 Å². The van der Waals surface area contributed by atoms with Gasteiger partial charge < -0.3 is 5.73 Å². The summed E-state index contributed by atoms with van der Waals surface area (Å²) in [5, 5.41) is 0.664. The first kappa shape index (κ1) is 10.3. The van der Waals surface area contributed by atoms with Crippen molar-refractivity contribution in [3.63, 3.8) is 0 Å². The molecule has 1 nitrogen and oxygen atoms in total. The predicted octanol–water partition coefficient (Wildman–Crippen LogP) is 3.26. The molecule has 0 aliphatic heterocycles. The number of nitrogens with two attached hydrogens (primary N) is 1. The van der Waals surface area contributed by atoms with Gasteiger partial charge in [0.25, 0.3) is 0 Å². The number of hydrogen-bond acceptors (Lipinski definition) is 1. The highest BCUT2D eigenvalue weighted by Gasteiger charge is 1.95. The van der Waals surface area contributed by atoms with Crippen LogP contribution in [-0.2, 0) is 0 Å². The fraction of sp³-hybridized carbons (Fsp3) is 0.333. The van der Waals surface area contributed by atoms with Gasteiger partial charge in [0, 0.05) is 0 Å². The van der Waals surface area contributed by atoms with Gasteiger partial charge in [0.1, 0.15) is 0 Å². The van der Waals surface area contributed by atoms with Crippen molar-refractivity contribution in [3.05, 3.63) is 28.8 Å². The minimum atomic E-state index is 0.650. The topological polar surface area (TPSA) is 26.0 Å². The Hall–Kier alpha value is -0.690. The van der Waals surface area contributed by atoms with Crippen molar-refractivity contribution >= 4 is 17.3 Å². The molecule has 11 heavy (non-hydrogen) atoms. The van der Waals surface area contributed by atoms with Gasteiger partial charge in [0.05, 0.1) is 10.7 Å². The van der Waals surface area contributed by atoms with Crippen molar-refractivity contribution in [2.24, 2.45) is 0 Å². The van der Waals surface area contributed by atoms with Crippen LogP contribution in [0.15, 0.2) is 18.2 Å². The van der Waals surface area contributed by atoms with Crippen LogP contribution in [0, 0.1) is 6.92 Å². The van der Waals surface area contributed by atoms with Crippen LogP contribution in [0.4, 0.5) is 5.69 Å². The highest BCUT2D eigenvalue weighted by atomic mass is 35.5. The zero-order chi connectivity index (χ0) is 8.85. The van der Waals surface area contributed by atoms with Gasteiger partial charge in [-0.05, 0) is 18.6 Å². The molecular formula is C9H14ClN. The average molecular weight is 172 g/mol. The summed E-state index contributed by atoms with van der Waals surface area (Å²) in [7, 11) is 0. The molecule has 0 aliphatic carbocycles. The lowest BCUT2D eigenvalue weighted by Crippen LogP contribution is -1.86. The van der Waals surface area contributed by atoms with Crippen LogP contribution >= 0.6 is 11.6 Å². The van der Waals surface area contributed by atoms with Crippen molar-refractivity contribution in [1.29, 1.82) is 0 Å². The second-order valence-electron chi connectivity index (χ2n) is 1.98. The zero-order valence-corrected chi connectivity index (χ0v) is 7.94. The smallest absolute Gasteiger partial charge is 0.0664 e. The van der Waals surface area contributed by atoms with Crippen LogP contribution in [0.3, 0.4) is 0 Å². The predicted molar refractivity (Wildman–Crippen MR) is 51.9 cm³/mol. The summed E-state index contributed by atoms with van der Waals surface area (Å²) in [5.41, 5.74) is 7.16. The van der Waals surface area contributed by atoms with Crippen LogP contribution < -0.4 is 5.73 Å². The van der Waals surface area contributed by atoms with E-state index in [2.05, 4.69) is 0 Å². The maximum atomic E-state index is 5.75. The van der Waals surface area contributed by atoms with Gasteiger partial charge >= 0.3 is 0 Å². The Morgan fingerprint density at radius 1 is 1.27 bits per heavy atom. The third-order valence-electron chi connectivity index (χ3n) is 1.22. The monoisotopic (exact) mass is 171 g/mol. The molecule has 1 aromatic carbocycles. The SMILES string of the molecule is CC.Cc1cccc(N)c1Cl. The summed E-state index contributed by atoms with van der Waals surface area (Å²) in [6, 6.07) is 5.60. The first-order valence-corrected chi connectivity index (χ1v) is 4.10. The van der Waals surface area contributed by atoms with Crippen LogP contribution in [0.25, 0.3) is 0 Å². The number of aryl methyl sites for hydroxylation is 1. The average Bonchev–Trinajstić information content (AvgIpc) is 2.04. The van der Waals surface area contributed by atoms with Gasteiger partial charge in [0.2, 0.25) is 0 Å². The molecule has 2 heteroatoms. The molecule has 0 bridgehead atoms. The number of hydrogen-bond donors (Lipinski definition) is 1. The van der Waals surface area contributed by atoms with Crippen LogP contribution in [0.5, 0.6) is 0 Å². The van der Waals surface area contributed by atoms with Gasteiger partial charge in [0.15, 0.2) is 0 Å². The van der Waals surface area contributed by atoms with E-state index < -0.39 is 0 Å². The third kappa shape index (κ3) is 2.81. The minimum absolute atomic E-state index is 0.650. The summed E-state index contributed by atoms with van der Waals surface area (Å²) in [5.74, 6) is 0. The summed E-state index contributed by atoms with van der Waals surface area (Å²) in [4.78, 5) is 0. The molecule has 0 amide bonds. The van der Waals surface area contributed by atoms with E-state index in [1.165, 1.54) is 0 Å². The fourth-order valence-electron chi connectivity index (χ4n) is 0.670. The Balaban J connectivity index is 0.000000461. The van der Waals surface area contributed by atoms with E-state index in [4.69, 9.17) is 17.3 Å². The zero-order valence-electron chi connectivity index (χ0n) is 7.19. The van der Waals surface area contributed by atoms with Gasteiger partial charge in [-0.3, -0.25) is 0 Å². The van der Waals surface area contributed by atoms with Gasteiger partial charge in [-0.25, -0.2) is 0 Å². The van der Waals surface area contributed by atoms with Gasteiger partial charge in [-0.2, -0.15) is 0 Å². The van der Waals surface area contributed by atoms with Gasteiger partial charge in [-0.15, -0.1) is 0 Å². The molecule has 1 rings (SSSR count). The molecule has 0 aromatic heterocycles. The summed E-state index contributed by atoms with van der Waals surface area (Å²) in [6.45, 7) is 5.93. The third-order valence-corrected chi connectivity index (χ3v) is 1.74. The lowest BCUT2D eigenvalue weighted by molar-refractivity contribution is 1.47. The van der Waals surface area contributed by atoms with Crippen molar-refractivity contribution in [1.82, 2.24) is 0 Å². The number of benzene rings is 1. The second-order valence-corrected chi connectivity index (χ2v) is 2.36. The second kappa shape index (κ2) is 5.03. The first-order valence-electron chi connectivity index (χ1n) is 3.72. The number of nitrogen functional groups attached to an aromatic ring is 1. The lowest BCUT2D eigenvalue weighted by atomic mass is 10.2. The van der Waals surface area contributed by atoms with Crippen LogP contribution in [-0.4, -0.2) is 0 Å². The molecule has 62 valence electrons. The van der Waals surface area contributed by atoms with E-state index >= 15 is 0 Å². The first-order chi connectivity index (χ1) is 5.22. The Morgan fingerprint density at radius 2 is 1.82 bits per heavy atom. The summed E-state index contributed by atoms with van der Waals surface area (Å²) >= 11 is 5.75. The minimum Gasteiger partial charge on any atom is -0.398 e. The molecule has 0 heterocycles. The number of rotatable bonds is 0. The fourth-order valence-corrected chi connectivity index (χ4v) is 0.796. The van der Waals surface area contributed by atoms with Crippen LogP contribution in [0.2, 0.25) is 5.02 Å². The van der Waals surface area contributed by atoms with E-state index in [0.29, 0.717) is 10.7 Å².